The Morgan fingerprint density at radius 1 is 1.36 bits per heavy atom. The van der Waals surface area contributed by atoms with Gasteiger partial charge in [-0.15, -0.1) is 11.3 Å². The third-order valence-corrected chi connectivity index (χ3v) is 7.32. The molecule has 9 heteroatoms. The van der Waals surface area contributed by atoms with Crippen molar-refractivity contribution in [2.45, 2.75) is 25.6 Å². The standard InChI is InChI=1S/C19H19N3O4S2/c1-13-3-2-4-14(9-13)12-28(24,25)22-7-5-16-17(10-22)27-19(20-16)21-18(23)15-6-8-26-11-15/h2-4,6,8-9,11H,5,7,10,12H2,1H3,(H,20,21,23). The Bertz CT molecular complexity index is 1100. The van der Waals surface area contributed by atoms with Crippen LogP contribution in [-0.4, -0.2) is 30.2 Å². The van der Waals surface area contributed by atoms with Gasteiger partial charge in [0.2, 0.25) is 10.0 Å². The van der Waals surface area contributed by atoms with Crippen LogP contribution in [0.1, 0.15) is 32.1 Å². The largest absolute Gasteiger partial charge is 0.472 e. The molecule has 1 aromatic carbocycles. The van der Waals surface area contributed by atoms with Crippen LogP contribution in [-0.2, 0) is 28.7 Å². The number of rotatable bonds is 5. The van der Waals surface area contributed by atoms with Gasteiger partial charge in [-0.1, -0.05) is 29.8 Å². The first kappa shape index (κ1) is 18.9. The van der Waals surface area contributed by atoms with Crippen molar-refractivity contribution in [1.29, 1.82) is 0 Å². The van der Waals surface area contributed by atoms with Gasteiger partial charge >= 0.3 is 0 Å². The van der Waals surface area contributed by atoms with Crippen LogP contribution in [0.4, 0.5) is 5.13 Å². The first-order chi connectivity index (χ1) is 13.4. The molecule has 0 spiro atoms. The zero-order valence-corrected chi connectivity index (χ0v) is 16.8. The summed E-state index contributed by atoms with van der Waals surface area (Å²) in [4.78, 5) is 17.4. The predicted molar refractivity (Wildman–Crippen MR) is 107 cm³/mol. The first-order valence-electron chi connectivity index (χ1n) is 8.76. The fraction of sp³-hybridized carbons (Fsp3) is 0.263. The first-order valence-corrected chi connectivity index (χ1v) is 11.2. The van der Waals surface area contributed by atoms with Crippen molar-refractivity contribution in [2.24, 2.45) is 0 Å². The summed E-state index contributed by atoms with van der Waals surface area (Å²) >= 11 is 1.31. The monoisotopic (exact) mass is 417 g/mol. The maximum atomic E-state index is 12.8. The Labute approximate surface area is 167 Å². The highest BCUT2D eigenvalue weighted by atomic mass is 32.2. The zero-order chi connectivity index (χ0) is 19.7. The number of benzene rings is 1. The summed E-state index contributed by atoms with van der Waals surface area (Å²) in [5.74, 6) is -0.323. The number of aromatic nitrogens is 1. The minimum atomic E-state index is -3.43. The number of hydrogen-bond acceptors (Lipinski definition) is 6. The van der Waals surface area contributed by atoms with Gasteiger partial charge in [-0.3, -0.25) is 10.1 Å². The van der Waals surface area contributed by atoms with Gasteiger partial charge < -0.3 is 4.42 Å². The van der Waals surface area contributed by atoms with E-state index in [1.54, 1.807) is 6.07 Å². The van der Waals surface area contributed by atoms with Crippen molar-refractivity contribution in [3.8, 4) is 0 Å². The lowest BCUT2D eigenvalue weighted by Crippen LogP contribution is -2.36. The molecule has 2 aromatic heterocycles. The second-order valence-corrected chi connectivity index (χ2v) is 9.74. The van der Waals surface area contributed by atoms with E-state index in [1.807, 2.05) is 31.2 Å². The lowest BCUT2D eigenvalue weighted by molar-refractivity contribution is 0.102. The van der Waals surface area contributed by atoms with Gasteiger partial charge in [0.15, 0.2) is 5.13 Å². The highest BCUT2D eigenvalue weighted by molar-refractivity contribution is 7.88. The van der Waals surface area contributed by atoms with Gasteiger partial charge in [-0.05, 0) is 18.6 Å². The molecule has 3 heterocycles. The second kappa shape index (κ2) is 7.50. The molecule has 3 aromatic rings. The number of carbonyl (C=O) groups is 1. The molecular formula is C19H19N3O4S2. The van der Waals surface area contributed by atoms with Crippen molar-refractivity contribution in [2.75, 3.05) is 11.9 Å². The van der Waals surface area contributed by atoms with Crippen LogP contribution in [0.2, 0.25) is 0 Å². The van der Waals surface area contributed by atoms with Crippen molar-refractivity contribution in [1.82, 2.24) is 9.29 Å². The van der Waals surface area contributed by atoms with E-state index in [0.717, 1.165) is 21.7 Å². The van der Waals surface area contributed by atoms with Crippen LogP contribution >= 0.6 is 11.3 Å². The summed E-state index contributed by atoms with van der Waals surface area (Å²) in [5, 5.41) is 3.21. The summed E-state index contributed by atoms with van der Waals surface area (Å²) in [5.41, 5.74) is 3.07. The second-order valence-electron chi connectivity index (χ2n) is 6.68. The maximum absolute atomic E-state index is 12.8. The molecule has 1 aliphatic rings. The molecule has 1 aliphatic heterocycles. The number of fused-ring (bicyclic) bond motifs is 1. The van der Waals surface area contributed by atoms with Crippen molar-refractivity contribution < 1.29 is 17.6 Å². The van der Waals surface area contributed by atoms with E-state index in [0.29, 0.717) is 23.7 Å². The van der Waals surface area contributed by atoms with Crippen molar-refractivity contribution in [3.05, 3.63) is 70.1 Å². The minimum Gasteiger partial charge on any atom is -0.472 e. The summed E-state index contributed by atoms with van der Waals surface area (Å²) in [7, 11) is -3.43. The molecule has 1 amide bonds. The van der Waals surface area contributed by atoms with E-state index in [2.05, 4.69) is 10.3 Å². The highest BCUT2D eigenvalue weighted by Gasteiger charge is 2.29. The molecule has 0 fully saturated rings. The average molecular weight is 418 g/mol. The van der Waals surface area contributed by atoms with E-state index in [9.17, 15) is 13.2 Å². The number of furan rings is 1. The normalized spacial score (nSPS) is 14.6. The molecule has 0 unspecified atom stereocenters. The number of amides is 1. The molecule has 0 radical (unpaired) electrons. The molecule has 146 valence electrons. The SMILES string of the molecule is Cc1cccc(CS(=O)(=O)N2CCc3nc(NC(=O)c4ccoc4)sc3C2)c1. The lowest BCUT2D eigenvalue weighted by atomic mass is 10.2. The van der Waals surface area contributed by atoms with Crippen molar-refractivity contribution in [3.63, 3.8) is 0 Å². The number of aryl methyl sites for hydroxylation is 1. The number of nitrogens with zero attached hydrogens (tertiary/aromatic N) is 2. The number of hydrogen-bond donors (Lipinski definition) is 1. The molecule has 7 nitrogen and oxygen atoms in total. The Balaban J connectivity index is 1.47. The summed E-state index contributed by atoms with van der Waals surface area (Å²) in [6, 6.07) is 9.11. The van der Waals surface area contributed by atoms with Crippen molar-refractivity contribution >= 4 is 32.4 Å². The lowest BCUT2D eigenvalue weighted by Gasteiger charge is -2.25. The third kappa shape index (κ3) is 4.01. The number of carbonyl (C=O) groups excluding carboxylic acids is 1. The Kier molecular flexibility index (Phi) is 5.05. The number of nitrogens with one attached hydrogen (secondary N) is 1. The molecule has 1 N–H and O–H groups in total. The average Bonchev–Trinajstić information content (AvgIpc) is 3.30. The van der Waals surface area contributed by atoms with Crippen LogP contribution in [0, 0.1) is 6.92 Å². The Morgan fingerprint density at radius 3 is 2.96 bits per heavy atom. The van der Waals surface area contributed by atoms with Crippen LogP contribution in [0.3, 0.4) is 0 Å². The molecule has 0 atom stereocenters. The minimum absolute atomic E-state index is 0.0209. The smallest absolute Gasteiger partial charge is 0.260 e. The van der Waals surface area contributed by atoms with Gasteiger partial charge in [0.1, 0.15) is 6.26 Å². The van der Waals surface area contributed by atoms with E-state index >= 15 is 0 Å². The van der Waals surface area contributed by atoms with Gasteiger partial charge in [-0.25, -0.2) is 13.4 Å². The van der Waals surface area contributed by atoms with Crippen LogP contribution in [0.25, 0.3) is 0 Å². The van der Waals surface area contributed by atoms with Crippen LogP contribution in [0.15, 0.2) is 47.3 Å². The van der Waals surface area contributed by atoms with Gasteiger partial charge in [-0.2, -0.15) is 4.31 Å². The van der Waals surface area contributed by atoms with E-state index in [-0.39, 0.29) is 18.2 Å². The Morgan fingerprint density at radius 2 is 2.21 bits per heavy atom. The third-order valence-electron chi connectivity index (χ3n) is 4.52. The number of anilines is 1. The predicted octanol–water partition coefficient (Wildman–Crippen LogP) is 3.18. The van der Waals surface area contributed by atoms with Crippen LogP contribution in [0.5, 0.6) is 0 Å². The quantitative estimate of drug-likeness (QED) is 0.688. The number of thiazole rings is 1. The van der Waals surface area contributed by atoms with E-state index in [1.165, 1.54) is 28.2 Å². The van der Waals surface area contributed by atoms with Gasteiger partial charge in [0, 0.05) is 24.4 Å². The van der Waals surface area contributed by atoms with Gasteiger partial charge in [0.05, 0.1) is 23.3 Å². The Hall–Kier alpha value is -2.49. The zero-order valence-electron chi connectivity index (χ0n) is 15.2. The highest BCUT2D eigenvalue weighted by Crippen LogP contribution is 2.30. The fourth-order valence-electron chi connectivity index (χ4n) is 3.13. The summed E-state index contributed by atoms with van der Waals surface area (Å²) < 4.78 is 32.1. The topological polar surface area (TPSA) is 92.5 Å². The summed E-state index contributed by atoms with van der Waals surface area (Å²) in [6.07, 6.45) is 3.32. The fourth-order valence-corrected chi connectivity index (χ4v) is 5.71. The molecule has 28 heavy (non-hydrogen) atoms. The molecule has 0 aliphatic carbocycles. The maximum Gasteiger partial charge on any atom is 0.260 e. The van der Waals surface area contributed by atoms with Gasteiger partial charge in [0.25, 0.3) is 5.91 Å². The molecule has 4 rings (SSSR count). The van der Waals surface area contributed by atoms with Crippen LogP contribution < -0.4 is 5.32 Å². The molecule has 0 saturated carbocycles. The molecular weight excluding hydrogens is 398 g/mol. The molecule has 0 saturated heterocycles. The number of sulfonamides is 1. The molecule has 0 bridgehead atoms. The van der Waals surface area contributed by atoms with E-state index in [4.69, 9.17) is 4.42 Å². The summed E-state index contributed by atoms with van der Waals surface area (Å²) in [6.45, 7) is 2.61. The van der Waals surface area contributed by atoms with E-state index < -0.39 is 10.0 Å².